The average Bonchev–Trinajstić information content (AvgIpc) is 3.34. The molecule has 0 saturated carbocycles. The van der Waals surface area contributed by atoms with Crippen LogP contribution in [0, 0.1) is 0 Å². The number of rotatable bonds is 7. The Hall–Kier alpha value is -2.82. The molecule has 3 aromatic rings. The molecule has 0 aromatic heterocycles. The summed E-state index contributed by atoms with van der Waals surface area (Å²) in [4.78, 5) is 1.09. The quantitative estimate of drug-likeness (QED) is 0.512. The molecule has 0 spiro atoms. The van der Waals surface area contributed by atoms with Gasteiger partial charge in [-0.2, -0.15) is 0 Å². The summed E-state index contributed by atoms with van der Waals surface area (Å²) in [6, 6.07) is -5.04. The van der Waals surface area contributed by atoms with Gasteiger partial charge in [-0.3, -0.25) is 0 Å². The molecule has 31 heavy (non-hydrogen) atoms. The Morgan fingerprint density at radius 3 is 2.52 bits per heavy atom. The molecule has 0 radical (unpaired) electrons. The third-order valence-corrected chi connectivity index (χ3v) is 4.72. The molecule has 2 aliphatic heterocycles. The van der Waals surface area contributed by atoms with Crippen LogP contribution in [0.25, 0.3) is 0 Å². The van der Waals surface area contributed by atoms with E-state index in [4.69, 9.17) is 36.1 Å². The van der Waals surface area contributed by atoms with Crippen molar-refractivity contribution < 1.29 is 37.5 Å². The molecule has 0 N–H and O–H groups in total. The molecule has 0 amide bonds. The van der Waals surface area contributed by atoms with Crippen molar-refractivity contribution in [1.82, 2.24) is 4.90 Å². The van der Waals surface area contributed by atoms with E-state index in [0.29, 0.717) is 0 Å². The lowest BCUT2D eigenvalue weighted by molar-refractivity contribution is -0.0330. The second-order valence-corrected chi connectivity index (χ2v) is 6.84. The summed E-state index contributed by atoms with van der Waals surface area (Å²) >= 11 is 0. The lowest BCUT2D eigenvalue weighted by Crippen LogP contribution is -2.41. The Kier molecular flexibility index (Phi) is 2.65. The predicted octanol–water partition coefficient (Wildman–Crippen LogP) is 5.23. The van der Waals surface area contributed by atoms with Gasteiger partial charge in [0, 0.05) is 18.5 Å². The maximum Gasteiger partial charge on any atom is 0.231 e. The molecule has 2 aliphatic rings. The Morgan fingerprint density at radius 1 is 1.06 bits per heavy atom. The molecule has 0 unspecified atom stereocenters. The van der Waals surface area contributed by atoms with Crippen molar-refractivity contribution in [1.29, 1.82) is 0 Å². The molecule has 160 valence electrons. The van der Waals surface area contributed by atoms with Crippen molar-refractivity contribution in [2.75, 3.05) is 26.3 Å². The smallest absolute Gasteiger partial charge is 0.231 e. The van der Waals surface area contributed by atoms with Crippen molar-refractivity contribution in [3.8, 4) is 11.5 Å². The van der Waals surface area contributed by atoms with Gasteiger partial charge in [-0.05, 0) is 54.6 Å². The zero-order valence-corrected chi connectivity index (χ0v) is 16.3. The van der Waals surface area contributed by atoms with E-state index in [9.17, 15) is 1.37 Å². The predicted molar refractivity (Wildman–Crippen MR) is 122 cm³/mol. The van der Waals surface area contributed by atoms with Crippen LogP contribution in [0.15, 0.2) is 78.6 Å². The van der Waals surface area contributed by atoms with E-state index >= 15 is 0 Å². The van der Waals surface area contributed by atoms with Gasteiger partial charge in [-0.15, -0.1) is 0 Å². The summed E-state index contributed by atoms with van der Waals surface area (Å²) in [6.07, 6.45) is -6.75. The van der Waals surface area contributed by atoms with Crippen molar-refractivity contribution in [2.45, 2.75) is 31.4 Å². The normalized spacial score (nSPS) is 29.2. The Morgan fingerprint density at radius 2 is 1.77 bits per heavy atom. The van der Waals surface area contributed by atoms with Crippen molar-refractivity contribution in [3.63, 3.8) is 0 Å². The molecule has 4 nitrogen and oxygen atoms in total. The standard InChI is InChI=1S/C27H29NO3/c1-3-8-22(9-4-1)27(23-10-5-2-6-11-23)31-24-12-7-16-28(19-24)17-15-21-13-14-25-26(18-21)30-20-29-25/h1-6,8-11,13-14,18,24,27H,7,12,15-17,19-20H2/t24-/m1/s1/i1D,2D,3D,4D,5D,6D,8D,9D,10D,11D,15D2,17D2,20D2,27D. The molecule has 3 aromatic carbocycles. The van der Waals surface area contributed by atoms with Crippen LogP contribution in [0.5, 0.6) is 11.5 Å². The van der Waals surface area contributed by atoms with Gasteiger partial charge in [-0.25, -0.2) is 0 Å². The highest BCUT2D eigenvalue weighted by molar-refractivity contribution is 5.44. The molecule has 1 fully saturated rings. The maximum absolute atomic E-state index is 9.51. The summed E-state index contributed by atoms with van der Waals surface area (Å²) in [5.74, 6) is -0.133. The molecule has 5 rings (SSSR count). The number of aryl methyl sites for hydroxylation is 1. The summed E-state index contributed by atoms with van der Waals surface area (Å²) in [5, 5.41) is 0. The van der Waals surface area contributed by atoms with Gasteiger partial charge in [-0.1, -0.05) is 66.5 Å². The van der Waals surface area contributed by atoms with E-state index in [1.165, 1.54) is 12.1 Å². The lowest BCUT2D eigenvalue weighted by atomic mass is 10.00. The lowest BCUT2D eigenvalue weighted by Gasteiger charge is -2.35. The second kappa shape index (κ2) is 9.54. The minimum atomic E-state index is -3.00. The Labute approximate surface area is 208 Å². The highest BCUT2D eigenvalue weighted by Crippen LogP contribution is 2.33. The minimum Gasteiger partial charge on any atom is -0.454 e. The van der Waals surface area contributed by atoms with Gasteiger partial charge in [0.25, 0.3) is 0 Å². The number of nitrogens with zero attached hydrogens (tertiary/aromatic N) is 1. The van der Waals surface area contributed by atoms with Crippen LogP contribution < -0.4 is 9.47 Å². The van der Waals surface area contributed by atoms with E-state index in [1.54, 1.807) is 0 Å². The monoisotopic (exact) mass is 432 g/mol. The highest BCUT2D eigenvalue weighted by Gasteiger charge is 2.25. The second-order valence-electron chi connectivity index (χ2n) is 6.84. The first-order chi connectivity index (χ1) is 22.1. The fraction of sp³-hybridized carbons (Fsp3) is 0.333. The maximum atomic E-state index is 9.51. The summed E-state index contributed by atoms with van der Waals surface area (Å²) in [5.41, 5.74) is -1.84. The van der Waals surface area contributed by atoms with Crippen LogP contribution in [-0.2, 0) is 11.1 Å². The molecule has 0 aliphatic carbocycles. The summed E-state index contributed by atoms with van der Waals surface area (Å²) in [6.45, 7) is -5.71. The van der Waals surface area contributed by atoms with Crippen LogP contribution in [0.2, 0.25) is 0 Å². The van der Waals surface area contributed by atoms with Gasteiger partial charge in [0.1, 0.15) is 8.82 Å². The molecule has 2 heterocycles. The van der Waals surface area contributed by atoms with Crippen LogP contribution >= 0.6 is 0 Å². The van der Waals surface area contributed by atoms with Crippen molar-refractivity contribution >= 4 is 0 Å². The Bertz CT molecular complexity index is 1670. The average molecular weight is 433 g/mol. The van der Waals surface area contributed by atoms with Gasteiger partial charge in [0.05, 0.1) is 21.2 Å². The summed E-state index contributed by atoms with van der Waals surface area (Å²) < 4.78 is 159. The van der Waals surface area contributed by atoms with Crippen molar-refractivity contribution in [3.05, 3.63) is 95.3 Å². The number of benzene rings is 3. The fourth-order valence-corrected chi connectivity index (χ4v) is 3.28. The SMILES string of the molecule is [2H]c1c([2H])c([2H])c(C([2H])(O[C@@H]2CCCN(C([2H])([2H])C([2H])([2H])c3ccc4c(c3)OC([2H])([2H])O4)C2)c2c([2H])c([2H])c([2H])c([2H])c2[2H])c([2H])c1[2H]. The topological polar surface area (TPSA) is 30.9 Å². The van der Waals surface area contributed by atoms with E-state index < -0.39 is 110 Å². The van der Waals surface area contributed by atoms with E-state index in [-0.39, 0.29) is 36.4 Å². The van der Waals surface area contributed by atoms with E-state index in [2.05, 4.69) is 0 Å². The van der Waals surface area contributed by atoms with E-state index in [0.717, 1.165) is 11.0 Å². The first-order valence-corrected chi connectivity index (χ1v) is 9.67. The van der Waals surface area contributed by atoms with Gasteiger partial charge < -0.3 is 19.1 Å². The molecule has 1 saturated heterocycles. The Balaban J connectivity index is 1.58. The third-order valence-electron chi connectivity index (χ3n) is 4.72. The highest BCUT2D eigenvalue weighted by atomic mass is 16.7. The number of likely N-dealkylation sites (tertiary alicyclic amines) is 1. The van der Waals surface area contributed by atoms with Crippen molar-refractivity contribution in [2.24, 2.45) is 0 Å². The fourth-order valence-electron chi connectivity index (χ4n) is 3.28. The number of fused-ring (bicyclic) bond motifs is 1. The van der Waals surface area contributed by atoms with Crippen LogP contribution in [0.4, 0.5) is 0 Å². The summed E-state index contributed by atoms with van der Waals surface area (Å²) in [7, 11) is 0. The molecule has 4 heteroatoms. The number of hydrogen-bond acceptors (Lipinski definition) is 4. The number of piperidine rings is 1. The first-order valence-electron chi connectivity index (χ1n) is 18.2. The third kappa shape index (κ3) is 4.92. The van der Waals surface area contributed by atoms with E-state index in [1.807, 2.05) is 0 Å². The molecular formula is C27H29NO3. The van der Waals surface area contributed by atoms with Gasteiger partial charge in [0.2, 0.25) is 6.75 Å². The largest absolute Gasteiger partial charge is 0.454 e. The zero-order valence-electron chi connectivity index (χ0n) is 33.3. The number of ether oxygens (including phenoxy) is 3. The number of hydrogen-bond donors (Lipinski definition) is 0. The van der Waals surface area contributed by atoms with Crippen LogP contribution in [-0.4, -0.2) is 37.3 Å². The van der Waals surface area contributed by atoms with Crippen LogP contribution in [0.1, 0.15) is 58.9 Å². The van der Waals surface area contributed by atoms with Gasteiger partial charge >= 0.3 is 0 Å². The zero-order chi connectivity index (χ0) is 35.9. The molecule has 1 atom stereocenters. The van der Waals surface area contributed by atoms with Crippen LogP contribution in [0.3, 0.4) is 0 Å². The molecular weight excluding hydrogens is 386 g/mol. The molecule has 0 bridgehead atoms. The first kappa shape index (κ1) is 8.61. The minimum absolute atomic E-state index is 0.00127. The van der Waals surface area contributed by atoms with Gasteiger partial charge in [0.15, 0.2) is 11.5 Å².